The Morgan fingerprint density at radius 1 is 1.32 bits per heavy atom. The molecule has 0 unspecified atom stereocenters. The van der Waals surface area contributed by atoms with Gasteiger partial charge in [0, 0.05) is 11.6 Å². The van der Waals surface area contributed by atoms with Crippen LogP contribution in [0.5, 0.6) is 0 Å². The van der Waals surface area contributed by atoms with Crippen LogP contribution in [0.3, 0.4) is 0 Å². The van der Waals surface area contributed by atoms with Gasteiger partial charge in [-0.25, -0.2) is 4.79 Å². The molecule has 0 spiro atoms. The molecule has 0 aliphatic carbocycles. The van der Waals surface area contributed by atoms with Crippen molar-refractivity contribution in [1.29, 1.82) is 5.26 Å². The number of furan rings is 1. The highest BCUT2D eigenvalue weighted by atomic mass is 16.4. The molecule has 0 fully saturated rings. The van der Waals surface area contributed by atoms with Crippen LogP contribution in [0, 0.1) is 18.3 Å². The molecule has 0 radical (unpaired) electrons. The smallest absolute Gasteiger partial charge is 0.335 e. The van der Waals surface area contributed by atoms with Crippen molar-refractivity contribution in [2.45, 2.75) is 6.92 Å². The summed E-state index contributed by atoms with van der Waals surface area (Å²) in [6, 6.07) is 9.74. The van der Waals surface area contributed by atoms with Crippen molar-refractivity contribution in [2.75, 3.05) is 0 Å². The van der Waals surface area contributed by atoms with Crippen LogP contribution in [0.4, 0.5) is 0 Å². The Hall–Kier alpha value is -3.33. The molecule has 0 saturated carbocycles. The first-order chi connectivity index (χ1) is 10.4. The van der Waals surface area contributed by atoms with Gasteiger partial charge in [-0.1, -0.05) is 12.1 Å². The number of carboxylic acids is 1. The number of nitriles is 1. The van der Waals surface area contributed by atoms with E-state index < -0.39 is 11.9 Å². The van der Waals surface area contributed by atoms with Crippen LogP contribution in [0.15, 0.2) is 40.3 Å². The van der Waals surface area contributed by atoms with Crippen LogP contribution in [0.1, 0.15) is 21.7 Å². The van der Waals surface area contributed by atoms with Crippen molar-refractivity contribution in [3.63, 3.8) is 0 Å². The summed E-state index contributed by atoms with van der Waals surface area (Å²) in [5.74, 6) is -1.14. The summed E-state index contributed by atoms with van der Waals surface area (Å²) in [7, 11) is 0. The second-order valence-corrected chi connectivity index (χ2v) is 4.52. The molecule has 0 aliphatic rings. The zero-order valence-corrected chi connectivity index (χ0v) is 11.7. The van der Waals surface area contributed by atoms with Gasteiger partial charge in [0.15, 0.2) is 0 Å². The summed E-state index contributed by atoms with van der Waals surface area (Å²) in [6.07, 6.45) is 1.24. The van der Waals surface area contributed by atoms with Gasteiger partial charge < -0.3 is 15.3 Å². The highest BCUT2D eigenvalue weighted by molar-refractivity contribution is 6.00. The number of primary amides is 1. The Morgan fingerprint density at radius 3 is 2.64 bits per heavy atom. The van der Waals surface area contributed by atoms with Gasteiger partial charge in [0.25, 0.3) is 5.91 Å². The maximum Gasteiger partial charge on any atom is 0.335 e. The standard InChI is InChI=1S/C16H12N2O4/c1-9-12(3-2-4-13(9)16(20)21)14-6-5-11(22-14)7-10(8-17)15(18)19/h2-7H,1H3,(H2,18,19)(H,20,21)/b10-7+. The SMILES string of the molecule is Cc1c(C(=O)O)cccc1-c1ccc(/C=C(\C#N)C(N)=O)o1. The number of carbonyl (C=O) groups excluding carboxylic acids is 1. The van der Waals surface area contributed by atoms with Gasteiger partial charge in [0.2, 0.25) is 0 Å². The summed E-state index contributed by atoms with van der Waals surface area (Å²) in [6.45, 7) is 1.68. The summed E-state index contributed by atoms with van der Waals surface area (Å²) < 4.78 is 5.54. The fourth-order valence-electron chi connectivity index (χ4n) is 2.01. The zero-order valence-electron chi connectivity index (χ0n) is 11.7. The van der Waals surface area contributed by atoms with Crippen LogP contribution in [0.2, 0.25) is 0 Å². The number of carbonyl (C=O) groups is 2. The first-order valence-corrected chi connectivity index (χ1v) is 6.28. The lowest BCUT2D eigenvalue weighted by molar-refractivity contribution is -0.114. The van der Waals surface area contributed by atoms with E-state index in [2.05, 4.69) is 0 Å². The van der Waals surface area contributed by atoms with E-state index in [-0.39, 0.29) is 16.9 Å². The minimum Gasteiger partial charge on any atom is -0.478 e. The number of rotatable bonds is 4. The average Bonchev–Trinajstić information content (AvgIpc) is 2.92. The molecule has 110 valence electrons. The zero-order chi connectivity index (χ0) is 16.3. The molecule has 1 aromatic heterocycles. The van der Waals surface area contributed by atoms with Crippen LogP contribution in [-0.4, -0.2) is 17.0 Å². The summed E-state index contributed by atoms with van der Waals surface area (Å²) in [5.41, 5.74) is 6.20. The molecule has 2 aromatic rings. The number of nitrogens with zero attached hydrogens (tertiary/aromatic N) is 1. The number of benzene rings is 1. The molecule has 6 heteroatoms. The van der Waals surface area contributed by atoms with Crippen molar-refractivity contribution in [1.82, 2.24) is 0 Å². The number of hydrogen-bond acceptors (Lipinski definition) is 4. The van der Waals surface area contributed by atoms with Crippen molar-refractivity contribution < 1.29 is 19.1 Å². The lowest BCUT2D eigenvalue weighted by Gasteiger charge is -2.05. The largest absolute Gasteiger partial charge is 0.478 e. The summed E-state index contributed by atoms with van der Waals surface area (Å²) in [4.78, 5) is 22.2. The minimum absolute atomic E-state index is 0.181. The predicted molar refractivity (Wildman–Crippen MR) is 78.6 cm³/mol. The number of aromatic carboxylic acids is 1. The van der Waals surface area contributed by atoms with E-state index in [0.717, 1.165) is 0 Å². The van der Waals surface area contributed by atoms with E-state index in [9.17, 15) is 9.59 Å². The highest BCUT2D eigenvalue weighted by Crippen LogP contribution is 2.28. The Bertz CT molecular complexity index is 825. The van der Waals surface area contributed by atoms with Crippen LogP contribution >= 0.6 is 0 Å². The van der Waals surface area contributed by atoms with Gasteiger partial charge in [-0.15, -0.1) is 0 Å². The Balaban J connectivity index is 2.46. The molecule has 1 aromatic carbocycles. The lowest BCUT2D eigenvalue weighted by Crippen LogP contribution is -2.12. The van der Waals surface area contributed by atoms with Gasteiger partial charge in [0.05, 0.1) is 5.56 Å². The van der Waals surface area contributed by atoms with Crippen LogP contribution in [-0.2, 0) is 4.79 Å². The summed E-state index contributed by atoms with van der Waals surface area (Å²) >= 11 is 0. The van der Waals surface area contributed by atoms with Crippen molar-refractivity contribution >= 4 is 18.0 Å². The molecule has 2 rings (SSSR count). The van der Waals surface area contributed by atoms with E-state index in [1.54, 1.807) is 37.3 Å². The third-order valence-corrected chi connectivity index (χ3v) is 3.13. The molecular formula is C16H12N2O4. The molecule has 0 bridgehead atoms. The second kappa shape index (κ2) is 5.97. The molecule has 6 nitrogen and oxygen atoms in total. The average molecular weight is 296 g/mol. The van der Waals surface area contributed by atoms with E-state index in [1.165, 1.54) is 12.1 Å². The van der Waals surface area contributed by atoms with E-state index in [1.807, 2.05) is 0 Å². The maximum absolute atomic E-state index is 11.1. The Morgan fingerprint density at radius 2 is 2.05 bits per heavy atom. The van der Waals surface area contributed by atoms with Crippen LogP contribution < -0.4 is 5.73 Å². The molecule has 3 N–H and O–H groups in total. The third kappa shape index (κ3) is 2.88. The number of amides is 1. The van der Waals surface area contributed by atoms with E-state index in [0.29, 0.717) is 16.9 Å². The summed E-state index contributed by atoms with van der Waals surface area (Å²) in [5, 5.41) is 17.9. The Labute approximate surface area is 126 Å². The van der Waals surface area contributed by atoms with E-state index in [4.69, 9.17) is 20.5 Å². The quantitative estimate of drug-likeness (QED) is 0.663. The normalized spacial score (nSPS) is 11.0. The molecule has 0 atom stereocenters. The van der Waals surface area contributed by atoms with Crippen molar-refractivity contribution in [2.24, 2.45) is 5.73 Å². The minimum atomic E-state index is -1.02. The lowest BCUT2D eigenvalue weighted by atomic mass is 10.0. The van der Waals surface area contributed by atoms with Crippen LogP contribution in [0.25, 0.3) is 17.4 Å². The van der Waals surface area contributed by atoms with Gasteiger partial charge >= 0.3 is 5.97 Å². The topological polar surface area (TPSA) is 117 Å². The number of carboxylic acid groups (broad SMARTS) is 1. The van der Waals surface area contributed by atoms with E-state index >= 15 is 0 Å². The third-order valence-electron chi connectivity index (χ3n) is 3.13. The molecular weight excluding hydrogens is 284 g/mol. The van der Waals surface area contributed by atoms with Gasteiger partial charge in [-0.3, -0.25) is 4.79 Å². The Kier molecular flexibility index (Phi) is 4.09. The first kappa shape index (κ1) is 15.1. The first-order valence-electron chi connectivity index (χ1n) is 6.28. The molecule has 22 heavy (non-hydrogen) atoms. The number of nitrogens with two attached hydrogens (primary N) is 1. The van der Waals surface area contributed by atoms with Gasteiger partial charge in [-0.2, -0.15) is 5.26 Å². The number of hydrogen-bond donors (Lipinski definition) is 2. The molecule has 0 saturated heterocycles. The van der Waals surface area contributed by atoms with Crippen molar-refractivity contribution in [3.8, 4) is 17.4 Å². The molecule has 1 heterocycles. The highest BCUT2D eigenvalue weighted by Gasteiger charge is 2.14. The predicted octanol–water partition coefficient (Wildman–Crippen LogP) is 2.35. The van der Waals surface area contributed by atoms with Gasteiger partial charge in [-0.05, 0) is 30.7 Å². The molecule has 0 aliphatic heterocycles. The molecule has 1 amide bonds. The second-order valence-electron chi connectivity index (χ2n) is 4.52. The maximum atomic E-state index is 11.1. The monoisotopic (exact) mass is 296 g/mol. The van der Waals surface area contributed by atoms with Crippen molar-refractivity contribution in [3.05, 3.63) is 52.8 Å². The fourth-order valence-corrected chi connectivity index (χ4v) is 2.01. The fraction of sp³-hybridized carbons (Fsp3) is 0.0625. The van der Waals surface area contributed by atoms with Gasteiger partial charge in [0.1, 0.15) is 23.2 Å².